The number of aryl methyl sites for hydroxylation is 1. The molecule has 0 saturated carbocycles. The Morgan fingerprint density at radius 2 is 2.22 bits per heavy atom. The lowest BCUT2D eigenvalue weighted by atomic mass is 10.2. The molecule has 0 N–H and O–H groups in total. The molecule has 0 aromatic carbocycles. The molecule has 18 heavy (non-hydrogen) atoms. The third kappa shape index (κ3) is 3.95. The van der Waals surface area contributed by atoms with Crippen molar-refractivity contribution in [2.45, 2.75) is 26.7 Å². The number of unbranched alkanes of at least 4 members (excludes halogenated alkanes) is 1. The number of allylic oxidation sites excluding steroid dienone is 3. The molecule has 1 aromatic heterocycles. The molecular formula is C14H17BrFNO. The highest BCUT2D eigenvalue weighted by atomic mass is 79.9. The Kier molecular flexibility index (Phi) is 6.05. The van der Waals surface area contributed by atoms with Crippen molar-refractivity contribution in [2.24, 2.45) is 0 Å². The summed E-state index contributed by atoms with van der Waals surface area (Å²) in [5.74, 6) is 0.144. The third-order valence-corrected chi connectivity index (χ3v) is 3.17. The SMILES string of the molecule is CCC/C=C/C(F)=C(/Br)c1nc(OC)ccc1C. The molecule has 0 saturated heterocycles. The van der Waals surface area contributed by atoms with Gasteiger partial charge in [-0.05, 0) is 40.9 Å². The number of ether oxygens (including phenoxy) is 1. The van der Waals surface area contributed by atoms with Gasteiger partial charge in [-0.3, -0.25) is 0 Å². The van der Waals surface area contributed by atoms with Gasteiger partial charge in [0.1, 0.15) is 5.83 Å². The summed E-state index contributed by atoms with van der Waals surface area (Å²) in [4.78, 5) is 4.24. The van der Waals surface area contributed by atoms with Crippen LogP contribution in [0.2, 0.25) is 0 Å². The summed E-state index contributed by atoms with van der Waals surface area (Å²) in [6, 6.07) is 3.61. The molecule has 0 fully saturated rings. The Labute approximate surface area is 116 Å². The Morgan fingerprint density at radius 3 is 2.83 bits per heavy atom. The van der Waals surface area contributed by atoms with Gasteiger partial charge in [-0.15, -0.1) is 0 Å². The van der Waals surface area contributed by atoms with Gasteiger partial charge in [-0.1, -0.05) is 25.5 Å². The lowest BCUT2D eigenvalue weighted by molar-refractivity contribution is 0.397. The molecule has 1 heterocycles. The molecule has 0 atom stereocenters. The quantitative estimate of drug-likeness (QED) is 0.729. The fraction of sp³-hybridized carbons (Fsp3) is 0.357. The maximum atomic E-state index is 13.9. The number of methoxy groups -OCH3 is 1. The van der Waals surface area contributed by atoms with Crippen LogP contribution in [0.1, 0.15) is 31.0 Å². The van der Waals surface area contributed by atoms with Crippen LogP contribution >= 0.6 is 15.9 Å². The van der Waals surface area contributed by atoms with E-state index in [1.54, 1.807) is 6.07 Å². The van der Waals surface area contributed by atoms with Crippen molar-refractivity contribution in [1.29, 1.82) is 0 Å². The van der Waals surface area contributed by atoms with Crippen LogP contribution in [0.4, 0.5) is 4.39 Å². The van der Waals surface area contributed by atoms with Crippen LogP contribution in [0.25, 0.3) is 4.48 Å². The Bertz CT molecular complexity index is 469. The normalized spacial score (nSPS) is 12.7. The summed E-state index contributed by atoms with van der Waals surface area (Å²) in [6.45, 7) is 3.93. The highest BCUT2D eigenvalue weighted by Crippen LogP contribution is 2.29. The van der Waals surface area contributed by atoms with Crippen molar-refractivity contribution >= 4 is 20.4 Å². The van der Waals surface area contributed by atoms with Gasteiger partial charge in [0, 0.05) is 6.07 Å². The first-order chi connectivity index (χ1) is 8.60. The second-order valence-corrected chi connectivity index (χ2v) is 4.67. The summed E-state index contributed by atoms with van der Waals surface area (Å²) >= 11 is 3.25. The van der Waals surface area contributed by atoms with E-state index in [-0.39, 0.29) is 5.83 Å². The van der Waals surface area contributed by atoms with E-state index in [1.807, 2.05) is 19.1 Å². The molecule has 0 unspecified atom stereocenters. The van der Waals surface area contributed by atoms with Crippen molar-refractivity contribution in [1.82, 2.24) is 4.98 Å². The van der Waals surface area contributed by atoms with Crippen molar-refractivity contribution in [2.75, 3.05) is 7.11 Å². The second kappa shape index (κ2) is 7.31. The maximum Gasteiger partial charge on any atom is 0.213 e. The number of nitrogens with zero attached hydrogens (tertiary/aromatic N) is 1. The number of halogens is 2. The first-order valence-electron chi connectivity index (χ1n) is 5.84. The van der Waals surface area contributed by atoms with E-state index < -0.39 is 0 Å². The fourth-order valence-corrected chi connectivity index (χ4v) is 1.92. The van der Waals surface area contributed by atoms with E-state index in [0.717, 1.165) is 18.4 Å². The van der Waals surface area contributed by atoms with Gasteiger partial charge in [0.25, 0.3) is 0 Å². The standard InChI is InChI=1S/C14H17BrFNO/c1-4-5-6-7-11(16)13(15)14-10(2)8-9-12(17-14)18-3/h6-9H,4-5H2,1-3H3/b7-6+,13-11-. The maximum absolute atomic E-state index is 13.9. The number of hydrogen-bond acceptors (Lipinski definition) is 2. The van der Waals surface area contributed by atoms with Gasteiger partial charge in [-0.25, -0.2) is 9.37 Å². The van der Waals surface area contributed by atoms with Gasteiger partial charge < -0.3 is 4.74 Å². The number of aromatic nitrogens is 1. The van der Waals surface area contributed by atoms with E-state index in [0.29, 0.717) is 16.1 Å². The topological polar surface area (TPSA) is 22.1 Å². The van der Waals surface area contributed by atoms with Crippen molar-refractivity contribution in [3.8, 4) is 5.88 Å². The summed E-state index contributed by atoms with van der Waals surface area (Å²) in [7, 11) is 1.54. The predicted octanol–water partition coefficient (Wildman–Crippen LogP) is 4.79. The third-order valence-electron chi connectivity index (χ3n) is 2.42. The van der Waals surface area contributed by atoms with Gasteiger partial charge in [-0.2, -0.15) is 0 Å². The molecule has 1 rings (SSSR count). The molecule has 1 aromatic rings. The zero-order valence-electron chi connectivity index (χ0n) is 10.8. The van der Waals surface area contributed by atoms with Crippen LogP contribution in [0.3, 0.4) is 0 Å². The zero-order valence-corrected chi connectivity index (χ0v) is 12.4. The molecule has 2 nitrogen and oxygen atoms in total. The second-order valence-electron chi connectivity index (χ2n) is 3.87. The molecule has 0 aliphatic heterocycles. The Balaban J connectivity index is 3.08. The average molecular weight is 314 g/mol. The monoisotopic (exact) mass is 313 g/mol. The molecular weight excluding hydrogens is 297 g/mol. The van der Waals surface area contributed by atoms with Gasteiger partial charge in [0.15, 0.2) is 0 Å². The van der Waals surface area contributed by atoms with E-state index in [9.17, 15) is 4.39 Å². The molecule has 0 radical (unpaired) electrons. The molecule has 0 bridgehead atoms. The molecule has 4 heteroatoms. The van der Waals surface area contributed by atoms with E-state index in [4.69, 9.17) is 4.74 Å². The lowest BCUT2D eigenvalue weighted by Crippen LogP contribution is -1.94. The van der Waals surface area contributed by atoms with Crippen LogP contribution in [-0.2, 0) is 0 Å². The average Bonchev–Trinajstić information content (AvgIpc) is 2.38. The Morgan fingerprint density at radius 1 is 1.50 bits per heavy atom. The van der Waals surface area contributed by atoms with E-state index in [2.05, 4.69) is 27.8 Å². The van der Waals surface area contributed by atoms with Crippen LogP contribution in [0, 0.1) is 6.92 Å². The summed E-state index contributed by atoms with van der Waals surface area (Å²) in [6.07, 6.45) is 5.14. The van der Waals surface area contributed by atoms with Crippen LogP contribution in [0.15, 0.2) is 30.1 Å². The van der Waals surface area contributed by atoms with Crippen LogP contribution in [-0.4, -0.2) is 12.1 Å². The van der Waals surface area contributed by atoms with E-state index in [1.165, 1.54) is 13.2 Å². The predicted molar refractivity (Wildman–Crippen MR) is 76.5 cm³/mol. The van der Waals surface area contributed by atoms with Gasteiger partial charge >= 0.3 is 0 Å². The lowest BCUT2D eigenvalue weighted by Gasteiger charge is -2.06. The van der Waals surface area contributed by atoms with Crippen molar-refractivity contribution in [3.05, 3.63) is 41.4 Å². The van der Waals surface area contributed by atoms with Crippen molar-refractivity contribution in [3.63, 3.8) is 0 Å². The highest BCUT2D eigenvalue weighted by molar-refractivity contribution is 9.15. The zero-order chi connectivity index (χ0) is 13.5. The largest absolute Gasteiger partial charge is 0.481 e. The number of pyridine rings is 1. The van der Waals surface area contributed by atoms with Crippen LogP contribution in [0.5, 0.6) is 5.88 Å². The number of hydrogen-bond donors (Lipinski definition) is 0. The molecule has 0 amide bonds. The van der Waals surface area contributed by atoms with Crippen molar-refractivity contribution < 1.29 is 9.13 Å². The minimum atomic E-state index is -0.327. The summed E-state index contributed by atoms with van der Waals surface area (Å²) < 4.78 is 19.3. The Hall–Kier alpha value is -1.16. The summed E-state index contributed by atoms with van der Waals surface area (Å²) in [5.41, 5.74) is 1.45. The molecule has 0 aliphatic carbocycles. The smallest absolute Gasteiger partial charge is 0.213 e. The minimum absolute atomic E-state index is 0.327. The van der Waals surface area contributed by atoms with Crippen LogP contribution < -0.4 is 4.74 Å². The summed E-state index contributed by atoms with van der Waals surface area (Å²) in [5, 5.41) is 0. The first-order valence-corrected chi connectivity index (χ1v) is 6.63. The van der Waals surface area contributed by atoms with Gasteiger partial charge in [0.05, 0.1) is 17.3 Å². The first kappa shape index (κ1) is 14.9. The molecule has 0 aliphatic rings. The molecule has 98 valence electrons. The highest BCUT2D eigenvalue weighted by Gasteiger charge is 2.10. The van der Waals surface area contributed by atoms with E-state index >= 15 is 0 Å². The fourth-order valence-electron chi connectivity index (χ4n) is 1.39. The molecule has 0 spiro atoms. The number of rotatable bonds is 5. The van der Waals surface area contributed by atoms with Gasteiger partial charge in [0.2, 0.25) is 5.88 Å². The minimum Gasteiger partial charge on any atom is -0.481 e.